The van der Waals surface area contributed by atoms with Crippen molar-refractivity contribution in [2.24, 2.45) is 0 Å². The zero-order valence-electron chi connectivity index (χ0n) is 12.0. The van der Waals surface area contributed by atoms with Gasteiger partial charge in [-0.15, -0.1) is 11.3 Å². The average Bonchev–Trinajstić information content (AvgIpc) is 3.10. The first kappa shape index (κ1) is 14.2. The fourth-order valence-electron chi connectivity index (χ4n) is 2.69. The number of H-pyrrole nitrogens is 1. The lowest BCUT2D eigenvalue weighted by Crippen LogP contribution is -2.47. The standard InChI is InChI=1S/C14H19N5OS/c1-10-13(17-18-16-10)14(20)15-11-4-2-6-19(8-11)9-12-5-3-7-21-12/h3,5,7,11H,2,4,6,8-9H2,1H3,(H,15,20)(H,16,17,18)/t11-/m0/s1. The number of aromatic amines is 1. The number of aryl methyl sites for hydroxylation is 1. The Morgan fingerprint density at radius 1 is 1.57 bits per heavy atom. The number of hydrogen-bond acceptors (Lipinski definition) is 5. The summed E-state index contributed by atoms with van der Waals surface area (Å²) < 4.78 is 0. The summed E-state index contributed by atoms with van der Waals surface area (Å²) in [6, 6.07) is 4.42. The van der Waals surface area contributed by atoms with Crippen LogP contribution in [0.25, 0.3) is 0 Å². The van der Waals surface area contributed by atoms with E-state index in [1.165, 1.54) is 4.88 Å². The maximum Gasteiger partial charge on any atom is 0.274 e. The van der Waals surface area contributed by atoms with Crippen LogP contribution in [0.3, 0.4) is 0 Å². The Hall–Kier alpha value is -1.73. The highest BCUT2D eigenvalue weighted by Gasteiger charge is 2.23. The minimum absolute atomic E-state index is 0.135. The van der Waals surface area contributed by atoms with Crippen molar-refractivity contribution in [3.05, 3.63) is 33.8 Å². The predicted molar refractivity (Wildman–Crippen MR) is 81.2 cm³/mol. The minimum Gasteiger partial charge on any atom is -0.347 e. The Morgan fingerprint density at radius 2 is 2.48 bits per heavy atom. The highest BCUT2D eigenvalue weighted by Crippen LogP contribution is 2.17. The Labute approximate surface area is 127 Å². The molecule has 3 rings (SSSR count). The van der Waals surface area contributed by atoms with Gasteiger partial charge in [0.1, 0.15) is 0 Å². The normalized spacial score (nSPS) is 19.6. The molecule has 2 aromatic rings. The number of hydrogen-bond donors (Lipinski definition) is 2. The van der Waals surface area contributed by atoms with Crippen LogP contribution >= 0.6 is 11.3 Å². The number of carbonyl (C=O) groups is 1. The van der Waals surface area contributed by atoms with E-state index in [1.54, 1.807) is 18.3 Å². The zero-order valence-corrected chi connectivity index (χ0v) is 12.8. The molecule has 1 atom stereocenters. The third-order valence-corrected chi connectivity index (χ3v) is 4.60. The molecule has 0 aromatic carbocycles. The van der Waals surface area contributed by atoms with Gasteiger partial charge in [-0.1, -0.05) is 6.07 Å². The molecule has 112 valence electrons. The van der Waals surface area contributed by atoms with Gasteiger partial charge in [0, 0.05) is 24.0 Å². The SMILES string of the molecule is Cc1n[nH]nc1C(=O)N[C@H]1CCCN(Cc2cccs2)C1. The summed E-state index contributed by atoms with van der Waals surface area (Å²) in [4.78, 5) is 15.9. The van der Waals surface area contributed by atoms with E-state index in [0.717, 1.165) is 32.5 Å². The Bertz CT molecular complexity index is 594. The Balaban J connectivity index is 1.56. The molecule has 0 saturated carbocycles. The number of rotatable bonds is 4. The first-order valence-corrected chi connectivity index (χ1v) is 8.03. The molecule has 0 aliphatic carbocycles. The summed E-state index contributed by atoms with van der Waals surface area (Å²) in [7, 11) is 0. The molecule has 21 heavy (non-hydrogen) atoms. The van der Waals surface area contributed by atoms with E-state index in [4.69, 9.17) is 0 Å². The number of thiophene rings is 1. The Morgan fingerprint density at radius 3 is 3.19 bits per heavy atom. The summed E-state index contributed by atoms with van der Waals surface area (Å²) >= 11 is 1.78. The van der Waals surface area contributed by atoms with Gasteiger partial charge in [-0.05, 0) is 37.8 Å². The summed E-state index contributed by atoms with van der Waals surface area (Å²) in [5.41, 5.74) is 1.03. The quantitative estimate of drug-likeness (QED) is 0.899. The lowest BCUT2D eigenvalue weighted by molar-refractivity contribution is 0.0895. The monoisotopic (exact) mass is 305 g/mol. The molecule has 6 nitrogen and oxygen atoms in total. The Kier molecular flexibility index (Phi) is 4.31. The first-order chi connectivity index (χ1) is 10.2. The van der Waals surface area contributed by atoms with Gasteiger partial charge in [0.2, 0.25) is 0 Å². The number of likely N-dealkylation sites (tertiary alicyclic amines) is 1. The molecule has 1 saturated heterocycles. The molecule has 3 heterocycles. The second-order valence-electron chi connectivity index (χ2n) is 5.38. The van der Waals surface area contributed by atoms with Crippen molar-refractivity contribution >= 4 is 17.2 Å². The van der Waals surface area contributed by atoms with E-state index < -0.39 is 0 Å². The predicted octanol–water partition coefficient (Wildman–Crippen LogP) is 1.57. The van der Waals surface area contributed by atoms with E-state index in [-0.39, 0.29) is 11.9 Å². The third-order valence-electron chi connectivity index (χ3n) is 3.74. The third kappa shape index (κ3) is 3.48. The van der Waals surface area contributed by atoms with Gasteiger partial charge in [-0.25, -0.2) is 0 Å². The smallest absolute Gasteiger partial charge is 0.274 e. The van der Waals surface area contributed by atoms with Crippen LogP contribution in [0.5, 0.6) is 0 Å². The molecule has 1 aliphatic rings. The van der Waals surface area contributed by atoms with Crippen molar-refractivity contribution in [3.8, 4) is 0 Å². The molecule has 2 aromatic heterocycles. The molecule has 0 radical (unpaired) electrons. The molecule has 0 spiro atoms. The van der Waals surface area contributed by atoms with Crippen molar-refractivity contribution in [2.75, 3.05) is 13.1 Å². The van der Waals surface area contributed by atoms with Crippen molar-refractivity contribution < 1.29 is 4.79 Å². The van der Waals surface area contributed by atoms with Crippen LogP contribution in [-0.2, 0) is 6.54 Å². The molecule has 0 unspecified atom stereocenters. The van der Waals surface area contributed by atoms with Crippen LogP contribution < -0.4 is 5.32 Å². The van der Waals surface area contributed by atoms with E-state index in [2.05, 4.69) is 43.1 Å². The second-order valence-corrected chi connectivity index (χ2v) is 6.42. The van der Waals surface area contributed by atoms with Crippen LogP contribution in [0.15, 0.2) is 17.5 Å². The topological polar surface area (TPSA) is 73.9 Å². The van der Waals surface area contributed by atoms with Gasteiger partial charge in [-0.2, -0.15) is 15.4 Å². The van der Waals surface area contributed by atoms with Crippen molar-refractivity contribution in [1.82, 2.24) is 25.6 Å². The summed E-state index contributed by atoms with van der Waals surface area (Å²) in [6.07, 6.45) is 2.12. The van der Waals surface area contributed by atoms with Crippen LogP contribution in [0.1, 0.15) is 33.9 Å². The van der Waals surface area contributed by atoms with E-state index >= 15 is 0 Å². The largest absolute Gasteiger partial charge is 0.347 e. The number of piperidine rings is 1. The minimum atomic E-state index is -0.135. The summed E-state index contributed by atoms with van der Waals surface area (Å²) in [6.45, 7) is 4.73. The highest BCUT2D eigenvalue weighted by molar-refractivity contribution is 7.09. The van der Waals surface area contributed by atoms with Gasteiger partial charge in [0.15, 0.2) is 5.69 Å². The molecular weight excluding hydrogens is 286 g/mol. The number of nitrogens with one attached hydrogen (secondary N) is 2. The van der Waals surface area contributed by atoms with E-state index in [0.29, 0.717) is 11.4 Å². The van der Waals surface area contributed by atoms with Gasteiger partial charge < -0.3 is 5.32 Å². The van der Waals surface area contributed by atoms with Crippen molar-refractivity contribution in [3.63, 3.8) is 0 Å². The molecule has 1 fully saturated rings. The summed E-state index contributed by atoms with van der Waals surface area (Å²) in [5, 5.41) is 15.5. The lowest BCUT2D eigenvalue weighted by atomic mass is 10.1. The van der Waals surface area contributed by atoms with Crippen LogP contribution in [-0.4, -0.2) is 45.3 Å². The van der Waals surface area contributed by atoms with Gasteiger partial charge in [0.25, 0.3) is 5.91 Å². The van der Waals surface area contributed by atoms with Gasteiger partial charge in [-0.3, -0.25) is 9.69 Å². The van der Waals surface area contributed by atoms with Gasteiger partial charge in [0.05, 0.1) is 5.69 Å². The molecular formula is C14H19N5OS. The molecule has 7 heteroatoms. The first-order valence-electron chi connectivity index (χ1n) is 7.15. The highest BCUT2D eigenvalue weighted by atomic mass is 32.1. The fourth-order valence-corrected chi connectivity index (χ4v) is 3.44. The summed E-state index contributed by atoms with van der Waals surface area (Å²) in [5.74, 6) is -0.135. The van der Waals surface area contributed by atoms with E-state index in [9.17, 15) is 4.79 Å². The number of amides is 1. The van der Waals surface area contributed by atoms with Gasteiger partial charge >= 0.3 is 0 Å². The van der Waals surface area contributed by atoms with E-state index in [1.807, 2.05) is 0 Å². The molecule has 0 bridgehead atoms. The van der Waals surface area contributed by atoms with Crippen molar-refractivity contribution in [2.45, 2.75) is 32.4 Å². The van der Waals surface area contributed by atoms with Crippen LogP contribution in [0.2, 0.25) is 0 Å². The zero-order chi connectivity index (χ0) is 14.7. The fraction of sp³-hybridized carbons (Fsp3) is 0.500. The number of nitrogens with zero attached hydrogens (tertiary/aromatic N) is 3. The lowest BCUT2D eigenvalue weighted by Gasteiger charge is -2.32. The molecule has 1 amide bonds. The van der Waals surface area contributed by atoms with Crippen molar-refractivity contribution in [1.29, 1.82) is 0 Å². The average molecular weight is 305 g/mol. The maximum atomic E-state index is 12.2. The van der Waals surface area contributed by atoms with Crippen LogP contribution in [0, 0.1) is 6.92 Å². The molecule has 2 N–H and O–H groups in total. The number of aromatic nitrogens is 3. The van der Waals surface area contributed by atoms with Crippen LogP contribution in [0.4, 0.5) is 0 Å². The maximum absolute atomic E-state index is 12.2. The molecule has 1 aliphatic heterocycles. The second kappa shape index (κ2) is 6.36. The number of carbonyl (C=O) groups excluding carboxylic acids is 1.